The van der Waals surface area contributed by atoms with Gasteiger partial charge in [-0.25, -0.2) is 0 Å². The number of hydrogen-bond acceptors (Lipinski definition) is 2. The van der Waals surface area contributed by atoms with Crippen molar-refractivity contribution in [3.63, 3.8) is 0 Å². The van der Waals surface area contributed by atoms with E-state index in [1.54, 1.807) is 6.20 Å². The molecule has 0 atom stereocenters. The fourth-order valence-electron chi connectivity index (χ4n) is 1.19. The van der Waals surface area contributed by atoms with Crippen LogP contribution in [0, 0.1) is 6.33 Å². The Kier molecular flexibility index (Phi) is 3.08. The molecule has 1 N–H and O–H groups in total. The molecule has 0 bridgehead atoms. The van der Waals surface area contributed by atoms with Gasteiger partial charge < -0.3 is 9.97 Å². The van der Waals surface area contributed by atoms with E-state index in [4.69, 9.17) is 0 Å². The SMILES string of the molecule is CC(C)(C)c1cc2n[c-][nH]c2cn1.[Re]. The third-order valence-corrected chi connectivity index (χ3v) is 2.02. The van der Waals surface area contributed by atoms with Gasteiger partial charge in [-0.2, -0.15) is 0 Å². The van der Waals surface area contributed by atoms with Gasteiger partial charge in [0.15, 0.2) is 0 Å². The molecular formula is C10H12N3Re-. The van der Waals surface area contributed by atoms with E-state index in [0.29, 0.717) is 0 Å². The minimum Gasteiger partial charge on any atom is -0.459 e. The molecular weight excluding hydrogens is 348 g/mol. The van der Waals surface area contributed by atoms with Gasteiger partial charge >= 0.3 is 0 Å². The Balaban J connectivity index is 0.000000980. The molecule has 0 aliphatic carbocycles. The van der Waals surface area contributed by atoms with Crippen LogP contribution in [-0.4, -0.2) is 15.0 Å². The Bertz CT molecular complexity index is 428. The predicted molar refractivity (Wildman–Crippen MR) is 51.4 cm³/mol. The van der Waals surface area contributed by atoms with Crippen LogP contribution in [0.2, 0.25) is 0 Å². The molecule has 0 amide bonds. The van der Waals surface area contributed by atoms with E-state index in [1.165, 1.54) is 0 Å². The first-order valence-electron chi connectivity index (χ1n) is 4.30. The van der Waals surface area contributed by atoms with Crippen LogP contribution in [0.15, 0.2) is 12.3 Å². The molecule has 0 saturated carbocycles. The summed E-state index contributed by atoms with van der Waals surface area (Å²) in [5.74, 6) is 0. The summed E-state index contributed by atoms with van der Waals surface area (Å²) in [6.07, 6.45) is 4.51. The van der Waals surface area contributed by atoms with Gasteiger partial charge in [-0.15, -0.1) is 0 Å². The average Bonchev–Trinajstić information content (AvgIpc) is 2.47. The predicted octanol–water partition coefficient (Wildman–Crippen LogP) is 2.05. The Morgan fingerprint density at radius 2 is 2.07 bits per heavy atom. The summed E-state index contributed by atoms with van der Waals surface area (Å²) in [6, 6.07) is 2.00. The standard InChI is InChI=1S/C10H12N3.Re/c1-10(2,3)9-4-7-8(5-11-9)13-6-12-7;/h4-5H,1-3H3,(H,12,13);/q-1;. The fourth-order valence-corrected chi connectivity index (χ4v) is 1.19. The minimum atomic E-state index is 0. The number of fused-ring (bicyclic) bond motifs is 1. The first kappa shape index (κ1) is 11.4. The summed E-state index contributed by atoms with van der Waals surface area (Å²) in [5, 5.41) is 0. The summed E-state index contributed by atoms with van der Waals surface area (Å²) in [4.78, 5) is 11.3. The molecule has 2 heterocycles. The second kappa shape index (κ2) is 3.80. The van der Waals surface area contributed by atoms with E-state index in [0.717, 1.165) is 16.7 Å². The third-order valence-electron chi connectivity index (χ3n) is 2.02. The van der Waals surface area contributed by atoms with Crippen molar-refractivity contribution in [1.29, 1.82) is 0 Å². The number of aromatic nitrogens is 3. The molecule has 2 aromatic rings. The smallest absolute Gasteiger partial charge is 0.0335 e. The maximum Gasteiger partial charge on any atom is 0.0335 e. The van der Waals surface area contributed by atoms with Crippen LogP contribution in [0.1, 0.15) is 26.5 Å². The normalized spacial score (nSPS) is 11.4. The zero-order valence-electron chi connectivity index (χ0n) is 8.43. The van der Waals surface area contributed by atoms with Crippen LogP contribution in [0.4, 0.5) is 0 Å². The molecule has 2 rings (SSSR count). The van der Waals surface area contributed by atoms with Crippen LogP contribution >= 0.6 is 0 Å². The van der Waals surface area contributed by atoms with Crippen LogP contribution in [0.3, 0.4) is 0 Å². The molecule has 2 aromatic heterocycles. The number of pyridine rings is 1. The largest absolute Gasteiger partial charge is 0.459 e. The maximum absolute atomic E-state index is 4.36. The Labute approximate surface area is 97.0 Å². The quantitative estimate of drug-likeness (QED) is 0.731. The summed E-state index contributed by atoms with van der Waals surface area (Å²) >= 11 is 0. The first-order valence-corrected chi connectivity index (χ1v) is 4.30. The Hall–Kier alpha value is -0.718. The van der Waals surface area contributed by atoms with E-state index < -0.39 is 0 Å². The number of aromatic amines is 1. The van der Waals surface area contributed by atoms with Crippen molar-refractivity contribution in [2.75, 3.05) is 0 Å². The van der Waals surface area contributed by atoms with Crippen molar-refractivity contribution < 1.29 is 20.4 Å². The topological polar surface area (TPSA) is 41.6 Å². The number of imidazole rings is 1. The van der Waals surface area contributed by atoms with Gasteiger partial charge in [-0.05, 0) is 12.5 Å². The van der Waals surface area contributed by atoms with Gasteiger partial charge in [-0.3, -0.25) is 4.98 Å². The number of nitrogens with one attached hydrogen (secondary N) is 1. The number of H-pyrrole nitrogens is 1. The fraction of sp³-hybridized carbons (Fsp3) is 0.400. The molecule has 3 nitrogen and oxygen atoms in total. The van der Waals surface area contributed by atoms with Gasteiger partial charge in [0.25, 0.3) is 0 Å². The molecule has 0 spiro atoms. The van der Waals surface area contributed by atoms with Gasteiger partial charge in [0.2, 0.25) is 0 Å². The maximum atomic E-state index is 4.36. The zero-order chi connectivity index (χ0) is 9.47. The van der Waals surface area contributed by atoms with Gasteiger partial charge in [-0.1, -0.05) is 37.9 Å². The minimum absolute atomic E-state index is 0. The molecule has 14 heavy (non-hydrogen) atoms. The van der Waals surface area contributed by atoms with E-state index >= 15 is 0 Å². The van der Waals surface area contributed by atoms with Crippen molar-refractivity contribution >= 4 is 11.0 Å². The summed E-state index contributed by atoms with van der Waals surface area (Å²) in [6.45, 7) is 6.41. The van der Waals surface area contributed by atoms with Crippen molar-refractivity contribution in [2.24, 2.45) is 0 Å². The van der Waals surface area contributed by atoms with Crippen molar-refractivity contribution in [1.82, 2.24) is 15.0 Å². The van der Waals surface area contributed by atoms with Crippen LogP contribution in [-0.2, 0) is 25.8 Å². The number of nitrogens with zero attached hydrogens (tertiary/aromatic N) is 2. The monoisotopic (exact) mass is 361 g/mol. The summed E-state index contributed by atoms with van der Waals surface area (Å²) in [5.41, 5.74) is 3.00. The van der Waals surface area contributed by atoms with E-state index in [2.05, 4.69) is 42.1 Å². The van der Waals surface area contributed by atoms with E-state index in [9.17, 15) is 0 Å². The Morgan fingerprint density at radius 1 is 1.36 bits per heavy atom. The van der Waals surface area contributed by atoms with Gasteiger partial charge in [0.1, 0.15) is 0 Å². The van der Waals surface area contributed by atoms with Crippen LogP contribution in [0.5, 0.6) is 0 Å². The average molecular weight is 360 g/mol. The third kappa shape index (κ3) is 2.02. The van der Waals surface area contributed by atoms with Crippen LogP contribution in [0.25, 0.3) is 11.0 Å². The summed E-state index contributed by atoms with van der Waals surface area (Å²) in [7, 11) is 0. The number of hydrogen-bond donors (Lipinski definition) is 1. The van der Waals surface area contributed by atoms with Crippen LogP contribution < -0.4 is 0 Å². The molecule has 4 heteroatoms. The van der Waals surface area contributed by atoms with E-state index in [-0.39, 0.29) is 25.8 Å². The Morgan fingerprint density at radius 3 is 2.71 bits per heavy atom. The molecule has 0 aliphatic heterocycles. The molecule has 0 unspecified atom stereocenters. The molecule has 0 fully saturated rings. The number of rotatable bonds is 0. The molecule has 0 aromatic carbocycles. The molecule has 0 saturated heterocycles. The van der Waals surface area contributed by atoms with Gasteiger partial charge in [0, 0.05) is 31.5 Å². The molecule has 0 aliphatic rings. The summed E-state index contributed by atoms with van der Waals surface area (Å²) < 4.78 is 0. The van der Waals surface area contributed by atoms with Crippen molar-refractivity contribution in [2.45, 2.75) is 26.2 Å². The molecule has 1 radical (unpaired) electrons. The van der Waals surface area contributed by atoms with E-state index in [1.807, 2.05) is 6.07 Å². The van der Waals surface area contributed by atoms with Crippen molar-refractivity contribution in [3.05, 3.63) is 24.3 Å². The zero-order valence-corrected chi connectivity index (χ0v) is 11.1. The second-order valence-corrected chi connectivity index (χ2v) is 4.19. The van der Waals surface area contributed by atoms with Gasteiger partial charge in [0.05, 0.1) is 0 Å². The molecule has 75 valence electrons. The second-order valence-electron chi connectivity index (χ2n) is 4.19. The van der Waals surface area contributed by atoms with Crippen molar-refractivity contribution in [3.8, 4) is 0 Å². The first-order chi connectivity index (χ1) is 6.07.